The molecule has 0 amide bonds. The van der Waals surface area contributed by atoms with Crippen LogP contribution in [-0.2, 0) is 0 Å². The maximum Gasteiger partial charge on any atom is 0.131 e. The van der Waals surface area contributed by atoms with Gasteiger partial charge < -0.3 is 16.2 Å². The lowest BCUT2D eigenvalue weighted by molar-refractivity contribution is 0.104. The van der Waals surface area contributed by atoms with Gasteiger partial charge in [0.15, 0.2) is 0 Å². The number of nitrogens with two attached hydrogens (primary N) is 2. The first-order chi connectivity index (χ1) is 8.34. The fourth-order valence-corrected chi connectivity index (χ4v) is 2.19. The Bertz CT molecular complexity index is 494. The first-order valence-corrected chi connectivity index (χ1v) is 6.34. The fraction of sp³-hybridized carbons (Fsp3) is 0.467. The molecule has 1 aromatic carbocycles. The van der Waals surface area contributed by atoms with Crippen molar-refractivity contribution in [1.29, 1.82) is 0 Å². The Hall–Kier alpha value is -1.64. The Morgan fingerprint density at radius 2 is 1.67 bits per heavy atom. The summed E-state index contributed by atoms with van der Waals surface area (Å²) in [5.74, 6) is 1.81. The van der Waals surface area contributed by atoms with Crippen molar-refractivity contribution in [1.82, 2.24) is 0 Å². The summed E-state index contributed by atoms with van der Waals surface area (Å²) in [6.45, 7) is 12.5. The minimum atomic E-state index is 0.130. The Balaban J connectivity index is 3.24. The molecule has 4 N–H and O–H groups in total. The molecular formula is C15H24N2O. The highest BCUT2D eigenvalue weighted by molar-refractivity contribution is 5.43. The lowest BCUT2D eigenvalue weighted by atomic mass is 9.96. The van der Waals surface area contributed by atoms with Crippen LogP contribution in [0.1, 0.15) is 27.7 Å². The van der Waals surface area contributed by atoms with Crippen molar-refractivity contribution in [3.8, 4) is 5.75 Å². The Kier molecular flexibility index (Phi) is 4.65. The van der Waals surface area contributed by atoms with E-state index in [0.29, 0.717) is 17.1 Å². The summed E-state index contributed by atoms with van der Waals surface area (Å²) < 4.78 is 6.09. The van der Waals surface area contributed by atoms with E-state index in [9.17, 15) is 0 Å². The van der Waals surface area contributed by atoms with Crippen molar-refractivity contribution >= 4 is 12.4 Å². The summed E-state index contributed by atoms with van der Waals surface area (Å²) in [6.07, 6.45) is 0.130. The maximum atomic E-state index is 6.09. The molecule has 0 aromatic heterocycles. The number of hydrogen-bond donors (Lipinski definition) is 2. The maximum absolute atomic E-state index is 6.09. The number of ether oxygens (including phenoxy) is 1. The van der Waals surface area contributed by atoms with E-state index in [1.807, 2.05) is 18.2 Å². The van der Waals surface area contributed by atoms with E-state index >= 15 is 0 Å². The second-order valence-corrected chi connectivity index (χ2v) is 5.32. The topological polar surface area (TPSA) is 61.3 Å². The highest BCUT2D eigenvalue weighted by atomic mass is 16.5. The molecule has 1 aromatic rings. The number of rotatable bonds is 4. The van der Waals surface area contributed by atoms with Gasteiger partial charge in [-0.2, -0.15) is 0 Å². The van der Waals surface area contributed by atoms with Crippen LogP contribution in [0.25, 0.3) is 12.4 Å². The molecule has 0 fully saturated rings. The molecular weight excluding hydrogens is 224 g/mol. The first-order valence-electron chi connectivity index (χ1n) is 6.34. The van der Waals surface area contributed by atoms with Gasteiger partial charge in [-0.25, -0.2) is 0 Å². The highest BCUT2D eigenvalue weighted by Gasteiger charge is 2.19. The quantitative estimate of drug-likeness (QED) is 0.840. The largest absolute Gasteiger partial charge is 0.489 e. The predicted octanol–water partition coefficient (Wildman–Crippen LogP) is 1.14. The molecule has 0 spiro atoms. The van der Waals surface area contributed by atoms with Gasteiger partial charge in [0.05, 0.1) is 5.22 Å². The number of hydrogen-bond acceptors (Lipinski definition) is 3. The highest BCUT2D eigenvalue weighted by Crippen LogP contribution is 2.18. The molecule has 0 heterocycles. The van der Waals surface area contributed by atoms with Crippen molar-refractivity contribution in [2.24, 2.45) is 23.3 Å². The average molecular weight is 248 g/mol. The zero-order valence-corrected chi connectivity index (χ0v) is 11.7. The molecule has 3 heteroatoms. The molecule has 0 atom stereocenters. The fourth-order valence-electron chi connectivity index (χ4n) is 2.19. The third-order valence-electron chi connectivity index (χ3n) is 2.98. The monoisotopic (exact) mass is 248 g/mol. The first kappa shape index (κ1) is 14.4. The van der Waals surface area contributed by atoms with Crippen LogP contribution in [0.4, 0.5) is 0 Å². The van der Waals surface area contributed by atoms with E-state index in [2.05, 4.69) is 34.3 Å². The molecule has 100 valence electrons. The Morgan fingerprint density at radius 1 is 1.11 bits per heavy atom. The minimum absolute atomic E-state index is 0.130. The van der Waals surface area contributed by atoms with Gasteiger partial charge in [0, 0.05) is 0 Å². The Labute approximate surface area is 109 Å². The molecule has 3 nitrogen and oxygen atoms in total. The predicted molar refractivity (Wildman–Crippen MR) is 77.1 cm³/mol. The molecule has 0 bridgehead atoms. The Morgan fingerprint density at radius 3 is 2.11 bits per heavy atom. The van der Waals surface area contributed by atoms with Gasteiger partial charge in [0.2, 0.25) is 0 Å². The average Bonchev–Trinajstić information content (AvgIpc) is 2.24. The standard InChI is InChI=1S/C15H24N2O/c1-9(2)14(10(3)4)18-12-8-6-7-11(5)13(12)15(16)17/h6-10,14H,5,16-17H2,1-4H3. The number of benzene rings is 1. The molecule has 0 saturated heterocycles. The van der Waals surface area contributed by atoms with Crippen LogP contribution in [-0.4, -0.2) is 6.10 Å². The van der Waals surface area contributed by atoms with Gasteiger partial charge in [0.1, 0.15) is 17.7 Å². The molecule has 0 saturated carbocycles. The summed E-state index contributed by atoms with van der Waals surface area (Å²) >= 11 is 0. The zero-order valence-electron chi connectivity index (χ0n) is 11.7. The van der Waals surface area contributed by atoms with Crippen molar-refractivity contribution in [3.05, 3.63) is 28.6 Å². The zero-order chi connectivity index (χ0) is 13.9. The van der Waals surface area contributed by atoms with Crippen LogP contribution in [0.2, 0.25) is 0 Å². The second-order valence-electron chi connectivity index (χ2n) is 5.32. The SMILES string of the molecule is C=c1cccc(OC(C(C)C)C(C)C)c1=C(N)N. The van der Waals surface area contributed by atoms with Crippen LogP contribution in [0, 0.1) is 11.8 Å². The van der Waals surface area contributed by atoms with Crippen LogP contribution in [0.5, 0.6) is 5.75 Å². The van der Waals surface area contributed by atoms with E-state index in [-0.39, 0.29) is 11.9 Å². The van der Waals surface area contributed by atoms with Gasteiger partial charge in [-0.15, -0.1) is 0 Å². The van der Waals surface area contributed by atoms with Crippen molar-refractivity contribution in [2.45, 2.75) is 33.8 Å². The molecule has 1 rings (SSSR count). The van der Waals surface area contributed by atoms with Gasteiger partial charge in [0.25, 0.3) is 0 Å². The van der Waals surface area contributed by atoms with Crippen LogP contribution in [0.15, 0.2) is 18.2 Å². The van der Waals surface area contributed by atoms with E-state index in [0.717, 1.165) is 11.0 Å². The normalized spacial score (nSPS) is 11.3. The third-order valence-corrected chi connectivity index (χ3v) is 2.98. The summed E-state index contributed by atoms with van der Waals surface area (Å²) in [5, 5.41) is 1.50. The molecule has 0 unspecified atom stereocenters. The molecule has 0 aliphatic rings. The van der Waals surface area contributed by atoms with E-state index < -0.39 is 0 Å². The minimum Gasteiger partial charge on any atom is -0.489 e. The molecule has 0 aliphatic carbocycles. The lowest BCUT2D eigenvalue weighted by Gasteiger charge is -2.26. The third kappa shape index (κ3) is 3.19. The summed E-state index contributed by atoms with van der Waals surface area (Å²) in [5.41, 5.74) is 11.4. The van der Waals surface area contributed by atoms with Crippen molar-refractivity contribution in [3.63, 3.8) is 0 Å². The smallest absolute Gasteiger partial charge is 0.131 e. The summed E-state index contributed by atoms with van der Waals surface area (Å²) in [7, 11) is 0. The molecule has 0 radical (unpaired) electrons. The second kappa shape index (κ2) is 5.80. The van der Waals surface area contributed by atoms with Crippen molar-refractivity contribution < 1.29 is 4.74 Å². The van der Waals surface area contributed by atoms with E-state index in [1.165, 1.54) is 0 Å². The van der Waals surface area contributed by atoms with Gasteiger partial charge >= 0.3 is 0 Å². The lowest BCUT2D eigenvalue weighted by Crippen LogP contribution is -2.37. The van der Waals surface area contributed by atoms with E-state index in [4.69, 9.17) is 16.2 Å². The van der Waals surface area contributed by atoms with Gasteiger partial charge in [-0.1, -0.05) is 46.4 Å². The summed E-state index contributed by atoms with van der Waals surface area (Å²) in [6, 6.07) is 5.67. The summed E-state index contributed by atoms with van der Waals surface area (Å²) in [4.78, 5) is 0. The van der Waals surface area contributed by atoms with Crippen LogP contribution >= 0.6 is 0 Å². The van der Waals surface area contributed by atoms with Crippen LogP contribution in [0.3, 0.4) is 0 Å². The van der Waals surface area contributed by atoms with Gasteiger partial charge in [-0.3, -0.25) is 0 Å². The van der Waals surface area contributed by atoms with Crippen LogP contribution < -0.4 is 26.6 Å². The van der Waals surface area contributed by atoms with Gasteiger partial charge in [-0.05, 0) is 23.1 Å². The van der Waals surface area contributed by atoms with E-state index in [1.54, 1.807) is 0 Å². The van der Waals surface area contributed by atoms with Crippen molar-refractivity contribution in [2.75, 3.05) is 0 Å². The molecule has 0 aliphatic heterocycles. The molecule has 18 heavy (non-hydrogen) atoms.